The molecule has 19 heavy (non-hydrogen) atoms. The molecular formula is C13H13N5S. The van der Waals surface area contributed by atoms with Crippen molar-refractivity contribution in [2.24, 2.45) is 5.73 Å². The monoisotopic (exact) mass is 271 g/mol. The molecule has 0 aliphatic heterocycles. The minimum absolute atomic E-state index is 0.490. The molecule has 96 valence electrons. The molecule has 0 unspecified atom stereocenters. The third-order valence-electron chi connectivity index (χ3n) is 2.77. The van der Waals surface area contributed by atoms with Gasteiger partial charge >= 0.3 is 0 Å². The number of fused-ring (bicyclic) bond motifs is 1. The summed E-state index contributed by atoms with van der Waals surface area (Å²) in [5.74, 6) is 0.794. The summed E-state index contributed by atoms with van der Waals surface area (Å²) in [4.78, 5) is 8.87. The Labute approximate surface area is 114 Å². The SMILES string of the molecule is Cc1nc(Sc2cc(CN)c3ccccc3n2)n[nH]1. The van der Waals surface area contributed by atoms with Crippen LogP contribution in [0.25, 0.3) is 10.9 Å². The zero-order valence-corrected chi connectivity index (χ0v) is 11.2. The molecule has 0 atom stereocenters. The summed E-state index contributed by atoms with van der Waals surface area (Å²) in [7, 11) is 0. The molecule has 0 bridgehead atoms. The predicted molar refractivity (Wildman–Crippen MR) is 74.9 cm³/mol. The van der Waals surface area contributed by atoms with Gasteiger partial charge in [-0.3, -0.25) is 5.10 Å². The highest BCUT2D eigenvalue weighted by atomic mass is 32.2. The van der Waals surface area contributed by atoms with Crippen LogP contribution in [0.2, 0.25) is 0 Å². The van der Waals surface area contributed by atoms with Crippen LogP contribution in [0.4, 0.5) is 0 Å². The van der Waals surface area contributed by atoms with Crippen LogP contribution < -0.4 is 5.73 Å². The molecule has 0 radical (unpaired) electrons. The zero-order valence-electron chi connectivity index (χ0n) is 10.4. The Morgan fingerprint density at radius 1 is 1.26 bits per heavy atom. The standard InChI is InChI=1S/C13H13N5S/c1-8-15-13(18-17-8)19-12-6-9(7-14)10-4-2-3-5-11(10)16-12/h2-6H,7,14H2,1H3,(H,15,17,18). The molecule has 3 aromatic rings. The van der Waals surface area contributed by atoms with Crippen LogP contribution in [0.3, 0.4) is 0 Å². The van der Waals surface area contributed by atoms with E-state index < -0.39 is 0 Å². The maximum atomic E-state index is 5.81. The average molecular weight is 271 g/mol. The van der Waals surface area contributed by atoms with Gasteiger partial charge in [-0.05, 0) is 36.4 Å². The van der Waals surface area contributed by atoms with E-state index in [0.29, 0.717) is 11.7 Å². The molecule has 0 fully saturated rings. The van der Waals surface area contributed by atoms with Crippen molar-refractivity contribution in [3.63, 3.8) is 0 Å². The van der Waals surface area contributed by atoms with Crippen LogP contribution in [0.15, 0.2) is 40.5 Å². The van der Waals surface area contributed by atoms with Crippen molar-refractivity contribution in [2.75, 3.05) is 0 Å². The third kappa shape index (κ3) is 2.45. The van der Waals surface area contributed by atoms with E-state index >= 15 is 0 Å². The van der Waals surface area contributed by atoms with Gasteiger partial charge in [-0.25, -0.2) is 9.97 Å². The molecule has 0 aliphatic rings. The number of pyridine rings is 1. The molecule has 0 saturated heterocycles. The topological polar surface area (TPSA) is 80.5 Å². The van der Waals surface area contributed by atoms with Crippen molar-refractivity contribution < 1.29 is 0 Å². The van der Waals surface area contributed by atoms with Gasteiger partial charge in [0.15, 0.2) is 0 Å². The summed E-state index contributed by atoms with van der Waals surface area (Å²) in [6, 6.07) is 9.99. The lowest BCUT2D eigenvalue weighted by atomic mass is 10.1. The number of para-hydroxylation sites is 1. The van der Waals surface area contributed by atoms with Crippen molar-refractivity contribution in [3.05, 3.63) is 41.7 Å². The van der Waals surface area contributed by atoms with Crippen LogP contribution >= 0.6 is 11.8 Å². The Hall–Kier alpha value is -1.92. The Morgan fingerprint density at radius 3 is 2.84 bits per heavy atom. The largest absolute Gasteiger partial charge is 0.326 e. The molecule has 1 aromatic carbocycles. The number of aromatic amines is 1. The minimum Gasteiger partial charge on any atom is -0.326 e. The van der Waals surface area contributed by atoms with Crippen LogP contribution in [0.1, 0.15) is 11.4 Å². The Bertz CT molecular complexity index is 722. The van der Waals surface area contributed by atoms with Crippen molar-refractivity contribution in [2.45, 2.75) is 23.7 Å². The lowest BCUT2D eigenvalue weighted by Gasteiger charge is -2.06. The summed E-state index contributed by atoms with van der Waals surface area (Å²) in [5, 5.41) is 9.55. The highest BCUT2D eigenvalue weighted by molar-refractivity contribution is 7.99. The normalized spacial score (nSPS) is 11.1. The van der Waals surface area contributed by atoms with E-state index in [1.54, 1.807) is 0 Å². The maximum absolute atomic E-state index is 5.81. The minimum atomic E-state index is 0.490. The number of nitrogens with one attached hydrogen (secondary N) is 1. The molecule has 6 heteroatoms. The fourth-order valence-electron chi connectivity index (χ4n) is 1.90. The summed E-state index contributed by atoms with van der Waals surface area (Å²) in [6.45, 7) is 2.36. The van der Waals surface area contributed by atoms with Gasteiger partial charge in [0.2, 0.25) is 5.16 Å². The number of hydrogen-bond donors (Lipinski definition) is 2. The van der Waals surface area contributed by atoms with E-state index in [4.69, 9.17) is 5.73 Å². The van der Waals surface area contributed by atoms with E-state index in [1.165, 1.54) is 11.8 Å². The lowest BCUT2D eigenvalue weighted by Crippen LogP contribution is -1.99. The van der Waals surface area contributed by atoms with E-state index in [9.17, 15) is 0 Å². The van der Waals surface area contributed by atoms with Gasteiger partial charge in [0.1, 0.15) is 10.9 Å². The van der Waals surface area contributed by atoms with Gasteiger partial charge in [-0.2, -0.15) is 0 Å². The number of rotatable bonds is 3. The smallest absolute Gasteiger partial charge is 0.214 e. The van der Waals surface area contributed by atoms with E-state index in [0.717, 1.165) is 27.3 Å². The summed E-state index contributed by atoms with van der Waals surface area (Å²) in [5.41, 5.74) is 7.84. The Balaban J connectivity index is 2.04. The van der Waals surface area contributed by atoms with Gasteiger partial charge < -0.3 is 5.73 Å². The van der Waals surface area contributed by atoms with Gasteiger partial charge in [0, 0.05) is 11.9 Å². The quantitative estimate of drug-likeness (QED) is 0.763. The van der Waals surface area contributed by atoms with Gasteiger partial charge in [-0.15, -0.1) is 5.10 Å². The Kier molecular flexibility index (Phi) is 3.18. The van der Waals surface area contributed by atoms with Crippen LogP contribution in [0.5, 0.6) is 0 Å². The first kappa shape index (κ1) is 12.1. The van der Waals surface area contributed by atoms with E-state index in [1.807, 2.05) is 37.3 Å². The molecule has 0 aliphatic carbocycles. The molecule has 0 spiro atoms. The maximum Gasteiger partial charge on any atom is 0.214 e. The van der Waals surface area contributed by atoms with Crippen LogP contribution in [-0.4, -0.2) is 20.2 Å². The van der Waals surface area contributed by atoms with E-state index in [2.05, 4.69) is 20.2 Å². The van der Waals surface area contributed by atoms with E-state index in [-0.39, 0.29) is 0 Å². The van der Waals surface area contributed by atoms with Crippen molar-refractivity contribution >= 4 is 22.7 Å². The number of nitrogens with zero attached hydrogens (tertiary/aromatic N) is 3. The lowest BCUT2D eigenvalue weighted by molar-refractivity contribution is 0.964. The molecule has 5 nitrogen and oxygen atoms in total. The number of benzene rings is 1. The zero-order chi connectivity index (χ0) is 13.2. The third-order valence-corrected chi connectivity index (χ3v) is 3.55. The fraction of sp³-hybridized carbons (Fsp3) is 0.154. The molecule has 2 heterocycles. The molecule has 0 saturated carbocycles. The predicted octanol–water partition coefficient (Wildman–Crippen LogP) is 2.27. The number of H-pyrrole nitrogens is 1. The highest BCUT2D eigenvalue weighted by Crippen LogP contribution is 2.27. The second kappa shape index (κ2) is 4.99. The van der Waals surface area contributed by atoms with Crippen molar-refractivity contribution in [1.29, 1.82) is 0 Å². The molecule has 3 rings (SSSR count). The second-order valence-corrected chi connectivity index (χ2v) is 5.13. The summed E-state index contributed by atoms with van der Waals surface area (Å²) in [6.07, 6.45) is 0. The molecule has 0 amide bonds. The first-order valence-corrected chi connectivity index (χ1v) is 6.73. The van der Waals surface area contributed by atoms with Crippen LogP contribution in [0, 0.1) is 6.92 Å². The number of hydrogen-bond acceptors (Lipinski definition) is 5. The van der Waals surface area contributed by atoms with Crippen molar-refractivity contribution in [1.82, 2.24) is 20.2 Å². The number of nitrogens with two attached hydrogens (primary N) is 1. The number of aryl methyl sites for hydroxylation is 1. The Morgan fingerprint density at radius 2 is 2.11 bits per heavy atom. The van der Waals surface area contributed by atoms with Gasteiger partial charge in [-0.1, -0.05) is 18.2 Å². The van der Waals surface area contributed by atoms with Crippen LogP contribution in [-0.2, 0) is 6.54 Å². The second-order valence-electron chi connectivity index (χ2n) is 4.15. The summed E-state index contributed by atoms with van der Waals surface area (Å²) >= 11 is 1.43. The molecule has 3 N–H and O–H groups in total. The molecular weight excluding hydrogens is 258 g/mol. The average Bonchev–Trinajstić information content (AvgIpc) is 2.83. The first-order chi connectivity index (χ1) is 9.26. The van der Waals surface area contributed by atoms with Gasteiger partial charge in [0.05, 0.1) is 5.52 Å². The molecule has 2 aromatic heterocycles. The summed E-state index contributed by atoms with van der Waals surface area (Å²) < 4.78 is 0. The number of aromatic nitrogens is 4. The highest BCUT2D eigenvalue weighted by Gasteiger charge is 2.08. The van der Waals surface area contributed by atoms with Gasteiger partial charge in [0.25, 0.3) is 0 Å². The van der Waals surface area contributed by atoms with Crippen molar-refractivity contribution in [3.8, 4) is 0 Å². The first-order valence-electron chi connectivity index (χ1n) is 5.92. The fourth-order valence-corrected chi connectivity index (χ4v) is 2.71.